The van der Waals surface area contributed by atoms with Crippen molar-refractivity contribution in [1.82, 2.24) is 9.55 Å². The maximum Gasteiger partial charge on any atom is 0.347 e. The number of nitrogens with zero attached hydrogens (tertiary/aromatic N) is 2. The van der Waals surface area contributed by atoms with Gasteiger partial charge in [-0.05, 0) is 68.1 Å². The summed E-state index contributed by atoms with van der Waals surface area (Å²) in [5.74, 6) is 0.332. The van der Waals surface area contributed by atoms with Crippen LogP contribution >= 0.6 is 0 Å². The Labute approximate surface area is 176 Å². The fourth-order valence-electron chi connectivity index (χ4n) is 2.99. The van der Waals surface area contributed by atoms with Gasteiger partial charge in [0.15, 0.2) is 6.10 Å². The van der Waals surface area contributed by atoms with Crippen LogP contribution in [0.1, 0.15) is 37.0 Å². The minimum absolute atomic E-state index is 0.165. The second-order valence-corrected chi connectivity index (χ2v) is 7.29. The number of aromatic nitrogens is 2. The number of ether oxygens (including phenoxy) is 2. The quantitative estimate of drug-likeness (QED) is 0.498. The predicted molar refractivity (Wildman–Crippen MR) is 114 cm³/mol. The molecular weight excluding hydrogens is 380 g/mol. The molecule has 0 radical (unpaired) electrons. The van der Waals surface area contributed by atoms with E-state index in [1.54, 1.807) is 38.5 Å². The van der Waals surface area contributed by atoms with Crippen molar-refractivity contribution in [3.63, 3.8) is 0 Å². The summed E-state index contributed by atoms with van der Waals surface area (Å²) in [6.07, 6.45) is 5.84. The molecule has 0 aliphatic rings. The van der Waals surface area contributed by atoms with Gasteiger partial charge in [0, 0.05) is 24.5 Å². The zero-order valence-electron chi connectivity index (χ0n) is 17.5. The van der Waals surface area contributed by atoms with Gasteiger partial charge >= 0.3 is 5.97 Å². The molecule has 1 atom stereocenters. The normalized spacial score (nSPS) is 11.7. The van der Waals surface area contributed by atoms with Gasteiger partial charge in [-0.15, -0.1) is 0 Å². The molecule has 3 aromatic rings. The number of benzene rings is 2. The van der Waals surface area contributed by atoms with Gasteiger partial charge in [-0.1, -0.05) is 18.2 Å². The summed E-state index contributed by atoms with van der Waals surface area (Å²) >= 11 is 0. The third-order valence-corrected chi connectivity index (χ3v) is 4.83. The summed E-state index contributed by atoms with van der Waals surface area (Å²) in [6, 6.07) is 13.4. The van der Waals surface area contributed by atoms with E-state index < -0.39 is 12.1 Å². The smallest absolute Gasteiger partial charge is 0.347 e. The first-order chi connectivity index (χ1) is 14.4. The highest BCUT2D eigenvalue weighted by Gasteiger charge is 2.17. The number of carbonyl (C=O) groups excluding carboxylic acids is 2. The summed E-state index contributed by atoms with van der Waals surface area (Å²) < 4.78 is 13.1. The van der Waals surface area contributed by atoms with Crippen LogP contribution in [-0.4, -0.2) is 27.4 Å². The molecule has 0 N–H and O–H groups in total. The van der Waals surface area contributed by atoms with Gasteiger partial charge in [0.1, 0.15) is 18.1 Å². The Morgan fingerprint density at radius 2 is 1.90 bits per heavy atom. The number of aryl methyl sites for hydroxylation is 2. The Morgan fingerprint density at radius 3 is 2.53 bits per heavy atom. The molecule has 156 valence electrons. The van der Waals surface area contributed by atoms with Gasteiger partial charge in [0.05, 0.1) is 6.33 Å². The number of Topliss-reactive ketones (excluding diaryl/α,β-unsaturated/α-hetero) is 1. The molecule has 1 aromatic heterocycles. The molecule has 0 saturated carbocycles. The Kier molecular flexibility index (Phi) is 7.01. The van der Waals surface area contributed by atoms with Gasteiger partial charge in [-0.3, -0.25) is 0 Å². The van der Waals surface area contributed by atoms with E-state index in [9.17, 15) is 9.59 Å². The maximum atomic E-state index is 12.3. The summed E-state index contributed by atoms with van der Waals surface area (Å²) in [4.78, 5) is 27.5. The summed E-state index contributed by atoms with van der Waals surface area (Å²) in [5.41, 5.74) is 4.03. The molecule has 3 rings (SSSR count). The van der Waals surface area contributed by atoms with Gasteiger partial charge in [0.2, 0.25) is 0 Å². The Hall–Kier alpha value is -3.41. The van der Waals surface area contributed by atoms with E-state index in [0.717, 1.165) is 22.4 Å². The van der Waals surface area contributed by atoms with E-state index in [2.05, 4.69) is 4.98 Å². The van der Waals surface area contributed by atoms with E-state index in [1.165, 1.54) is 0 Å². The SMILES string of the molecule is CC(=O)CCc1ccc(OC(C)C(=O)OCc2ccc(-n3ccnc3)cc2C)cc1. The summed E-state index contributed by atoms with van der Waals surface area (Å²) in [5, 5.41) is 0. The van der Waals surface area contributed by atoms with Crippen LogP contribution in [0.4, 0.5) is 0 Å². The third-order valence-electron chi connectivity index (χ3n) is 4.83. The standard InChI is InChI=1S/C24H26N2O4/c1-17-14-22(26-13-12-25-16-26)9-8-21(17)15-29-24(28)19(3)30-23-10-6-20(7-11-23)5-4-18(2)27/h6-14,16,19H,4-5,15H2,1-3H3. The van der Waals surface area contributed by atoms with E-state index in [1.807, 2.05) is 48.0 Å². The van der Waals surface area contributed by atoms with Crippen LogP contribution in [0.2, 0.25) is 0 Å². The van der Waals surface area contributed by atoms with Gasteiger partial charge in [-0.25, -0.2) is 9.78 Å². The van der Waals surface area contributed by atoms with Crippen molar-refractivity contribution in [3.05, 3.63) is 77.9 Å². The number of hydrogen-bond acceptors (Lipinski definition) is 5. The van der Waals surface area contributed by atoms with Gasteiger partial charge in [0.25, 0.3) is 0 Å². The van der Waals surface area contributed by atoms with Crippen LogP contribution in [0.3, 0.4) is 0 Å². The van der Waals surface area contributed by atoms with Crippen LogP contribution < -0.4 is 4.74 Å². The van der Waals surface area contributed by atoms with Crippen molar-refractivity contribution in [1.29, 1.82) is 0 Å². The van der Waals surface area contributed by atoms with E-state index in [0.29, 0.717) is 18.6 Å². The van der Waals surface area contributed by atoms with Crippen molar-refractivity contribution in [2.75, 3.05) is 0 Å². The van der Waals surface area contributed by atoms with Crippen molar-refractivity contribution in [3.8, 4) is 11.4 Å². The van der Waals surface area contributed by atoms with Gasteiger partial charge < -0.3 is 18.8 Å². The number of esters is 1. The van der Waals surface area contributed by atoms with Crippen molar-refractivity contribution in [2.24, 2.45) is 0 Å². The highest BCUT2D eigenvalue weighted by molar-refractivity contribution is 5.75. The van der Waals surface area contributed by atoms with E-state index in [4.69, 9.17) is 9.47 Å². The monoisotopic (exact) mass is 406 g/mol. The molecule has 0 amide bonds. The minimum atomic E-state index is -0.724. The fraction of sp³-hybridized carbons (Fsp3) is 0.292. The predicted octanol–water partition coefficient (Wildman–Crippen LogP) is 4.21. The lowest BCUT2D eigenvalue weighted by Crippen LogP contribution is -2.26. The molecule has 1 heterocycles. The number of ketones is 1. The second-order valence-electron chi connectivity index (χ2n) is 7.29. The fourth-order valence-corrected chi connectivity index (χ4v) is 2.99. The number of rotatable bonds is 9. The average Bonchev–Trinajstić information content (AvgIpc) is 3.27. The van der Waals surface area contributed by atoms with Crippen LogP contribution in [0.5, 0.6) is 5.75 Å². The van der Waals surface area contributed by atoms with Crippen LogP contribution in [0.15, 0.2) is 61.2 Å². The highest BCUT2D eigenvalue weighted by atomic mass is 16.6. The largest absolute Gasteiger partial charge is 0.479 e. The molecule has 6 nitrogen and oxygen atoms in total. The van der Waals surface area contributed by atoms with Crippen LogP contribution in [0.25, 0.3) is 5.69 Å². The Bertz CT molecular complexity index is 995. The molecule has 0 aliphatic carbocycles. The molecular formula is C24H26N2O4. The number of carbonyl (C=O) groups is 2. The first-order valence-corrected chi connectivity index (χ1v) is 9.92. The topological polar surface area (TPSA) is 70.4 Å². The summed E-state index contributed by atoms with van der Waals surface area (Å²) in [6.45, 7) is 5.42. The molecule has 30 heavy (non-hydrogen) atoms. The average molecular weight is 406 g/mol. The Morgan fingerprint density at radius 1 is 1.13 bits per heavy atom. The zero-order chi connectivity index (χ0) is 21.5. The number of imidazole rings is 1. The lowest BCUT2D eigenvalue weighted by molar-refractivity contribution is -0.152. The lowest BCUT2D eigenvalue weighted by atomic mass is 10.1. The highest BCUT2D eigenvalue weighted by Crippen LogP contribution is 2.18. The molecule has 0 saturated heterocycles. The molecule has 0 aliphatic heterocycles. The molecule has 2 aromatic carbocycles. The summed E-state index contributed by atoms with van der Waals surface area (Å²) in [7, 11) is 0. The first kappa shape index (κ1) is 21.3. The van der Waals surface area contributed by atoms with Gasteiger partial charge in [-0.2, -0.15) is 0 Å². The second kappa shape index (κ2) is 9.87. The van der Waals surface area contributed by atoms with E-state index in [-0.39, 0.29) is 12.4 Å². The van der Waals surface area contributed by atoms with Crippen LogP contribution in [-0.2, 0) is 27.4 Å². The maximum absolute atomic E-state index is 12.3. The molecule has 0 bridgehead atoms. The molecule has 0 fully saturated rings. The lowest BCUT2D eigenvalue weighted by Gasteiger charge is -2.15. The van der Waals surface area contributed by atoms with Crippen molar-refractivity contribution in [2.45, 2.75) is 46.3 Å². The third kappa shape index (κ3) is 5.80. The number of hydrogen-bond donors (Lipinski definition) is 0. The van der Waals surface area contributed by atoms with Crippen molar-refractivity contribution >= 4 is 11.8 Å². The molecule has 1 unspecified atom stereocenters. The Balaban J connectivity index is 1.51. The van der Waals surface area contributed by atoms with E-state index >= 15 is 0 Å². The zero-order valence-corrected chi connectivity index (χ0v) is 17.5. The molecule has 6 heteroatoms. The van der Waals surface area contributed by atoms with Crippen LogP contribution in [0, 0.1) is 6.92 Å². The first-order valence-electron chi connectivity index (χ1n) is 9.92. The molecule has 0 spiro atoms. The minimum Gasteiger partial charge on any atom is -0.479 e. The van der Waals surface area contributed by atoms with Crippen molar-refractivity contribution < 1.29 is 19.1 Å².